The van der Waals surface area contributed by atoms with E-state index in [0.717, 1.165) is 29.7 Å². The zero-order valence-electron chi connectivity index (χ0n) is 14.5. The van der Waals surface area contributed by atoms with E-state index in [4.69, 9.17) is 4.74 Å². The van der Waals surface area contributed by atoms with Crippen LogP contribution >= 0.6 is 0 Å². The van der Waals surface area contributed by atoms with Gasteiger partial charge in [-0.15, -0.1) is 0 Å². The van der Waals surface area contributed by atoms with Crippen LogP contribution in [-0.2, 0) is 4.79 Å². The number of anilines is 1. The maximum atomic E-state index is 12.2. The third kappa shape index (κ3) is 3.36. The molecule has 0 unspecified atom stereocenters. The molecule has 5 nitrogen and oxygen atoms in total. The summed E-state index contributed by atoms with van der Waals surface area (Å²) in [5.74, 6) is 1.26. The summed E-state index contributed by atoms with van der Waals surface area (Å²) in [6, 6.07) is 9.86. The van der Waals surface area contributed by atoms with Crippen molar-refractivity contribution in [2.45, 2.75) is 26.2 Å². The van der Waals surface area contributed by atoms with Crippen molar-refractivity contribution in [1.82, 2.24) is 9.38 Å². The van der Waals surface area contributed by atoms with E-state index in [2.05, 4.69) is 23.3 Å². The fourth-order valence-corrected chi connectivity index (χ4v) is 2.97. The molecule has 1 N–H and O–H groups in total. The number of hydrogen-bond donors (Lipinski definition) is 1. The number of aromatic nitrogens is 2. The van der Waals surface area contributed by atoms with Gasteiger partial charge in [-0.2, -0.15) is 0 Å². The lowest BCUT2D eigenvalue weighted by Crippen LogP contribution is -2.12. The van der Waals surface area contributed by atoms with Crippen LogP contribution in [-0.4, -0.2) is 22.4 Å². The molecule has 25 heavy (non-hydrogen) atoms. The number of hydrogen-bond acceptors (Lipinski definition) is 3. The van der Waals surface area contributed by atoms with Crippen molar-refractivity contribution in [3.63, 3.8) is 0 Å². The number of nitrogens with one attached hydrogen (secondary N) is 1. The lowest BCUT2D eigenvalue weighted by atomic mass is 10.1. The van der Waals surface area contributed by atoms with Gasteiger partial charge in [0.25, 0.3) is 0 Å². The highest BCUT2D eigenvalue weighted by atomic mass is 16.5. The molecule has 1 aliphatic rings. The van der Waals surface area contributed by atoms with E-state index < -0.39 is 0 Å². The first-order chi connectivity index (χ1) is 12.1. The van der Waals surface area contributed by atoms with E-state index in [1.165, 1.54) is 5.56 Å². The first-order valence-corrected chi connectivity index (χ1v) is 8.56. The summed E-state index contributed by atoms with van der Waals surface area (Å²) < 4.78 is 7.39. The Hall–Kier alpha value is -2.82. The molecule has 0 radical (unpaired) electrons. The number of imidazole rings is 1. The summed E-state index contributed by atoms with van der Waals surface area (Å²) in [5, 5.41) is 2.99. The average molecular weight is 335 g/mol. The molecule has 1 saturated carbocycles. The predicted molar refractivity (Wildman–Crippen MR) is 97.9 cm³/mol. The fraction of sp³-hybridized carbons (Fsp3) is 0.300. The molecular weight excluding hydrogens is 314 g/mol. The minimum atomic E-state index is 0.0450. The van der Waals surface area contributed by atoms with Gasteiger partial charge in [0.1, 0.15) is 11.4 Å². The molecule has 3 aromatic rings. The predicted octanol–water partition coefficient (Wildman–Crippen LogP) is 4.06. The number of amides is 1. The number of benzene rings is 1. The number of carbonyl (C=O) groups excluding carboxylic acids is 1. The molecule has 128 valence electrons. The number of nitrogens with zero attached hydrogens (tertiary/aromatic N) is 2. The molecule has 0 aliphatic heterocycles. The van der Waals surface area contributed by atoms with Crippen LogP contribution in [0, 0.1) is 12.8 Å². The number of carbonyl (C=O) groups is 1. The van der Waals surface area contributed by atoms with E-state index in [9.17, 15) is 4.79 Å². The molecule has 0 saturated heterocycles. The van der Waals surface area contributed by atoms with E-state index in [0.29, 0.717) is 23.8 Å². The molecule has 5 heteroatoms. The maximum Gasteiger partial charge on any atom is 0.224 e. The Kier molecular flexibility index (Phi) is 3.92. The zero-order chi connectivity index (χ0) is 17.4. The number of pyridine rings is 1. The minimum Gasteiger partial charge on any atom is -0.495 e. The number of methoxy groups -OCH3 is 1. The van der Waals surface area contributed by atoms with Crippen molar-refractivity contribution in [1.29, 1.82) is 0 Å². The van der Waals surface area contributed by atoms with Crippen LogP contribution in [0.15, 0.2) is 42.7 Å². The van der Waals surface area contributed by atoms with Crippen molar-refractivity contribution in [2.75, 3.05) is 12.4 Å². The van der Waals surface area contributed by atoms with Crippen molar-refractivity contribution in [2.24, 2.45) is 5.92 Å². The molecule has 1 fully saturated rings. The third-order valence-electron chi connectivity index (χ3n) is 4.56. The van der Waals surface area contributed by atoms with Crippen molar-refractivity contribution >= 4 is 17.2 Å². The van der Waals surface area contributed by atoms with Crippen LogP contribution in [0.5, 0.6) is 5.75 Å². The minimum absolute atomic E-state index is 0.0450. The van der Waals surface area contributed by atoms with Gasteiger partial charge >= 0.3 is 0 Å². The van der Waals surface area contributed by atoms with E-state index >= 15 is 0 Å². The van der Waals surface area contributed by atoms with Gasteiger partial charge in [0, 0.05) is 24.4 Å². The number of aryl methyl sites for hydroxylation is 1. The molecule has 1 aromatic carbocycles. The van der Waals surface area contributed by atoms with Crippen LogP contribution in [0.4, 0.5) is 5.69 Å². The normalized spacial score (nSPS) is 13.8. The quantitative estimate of drug-likeness (QED) is 0.765. The first-order valence-electron chi connectivity index (χ1n) is 8.56. The monoisotopic (exact) mass is 335 g/mol. The van der Waals surface area contributed by atoms with Crippen LogP contribution in [0.3, 0.4) is 0 Å². The standard InChI is InChI=1S/C20H21N3O2/c1-13-7-8-23-12-17(21-19(23)9-13)15-5-6-18(25-2)16(11-15)22-20(24)10-14-3-4-14/h5-9,11-12,14H,3-4,10H2,1-2H3,(H,22,24). The fourth-order valence-electron chi connectivity index (χ4n) is 2.97. The Bertz CT molecular complexity index is 941. The van der Waals surface area contributed by atoms with E-state index in [-0.39, 0.29) is 5.91 Å². The maximum absolute atomic E-state index is 12.2. The zero-order valence-corrected chi connectivity index (χ0v) is 14.5. The Morgan fingerprint density at radius 3 is 2.92 bits per heavy atom. The molecule has 2 aromatic heterocycles. The van der Waals surface area contributed by atoms with Gasteiger partial charge in [-0.1, -0.05) is 0 Å². The summed E-state index contributed by atoms with van der Waals surface area (Å²) in [6.45, 7) is 2.05. The summed E-state index contributed by atoms with van der Waals surface area (Å²) in [6.07, 6.45) is 6.90. The molecule has 0 atom stereocenters. The second-order valence-corrected chi connectivity index (χ2v) is 6.71. The van der Waals surface area contributed by atoms with Crippen LogP contribution in [0.2, 0.25) is 0 Å². The Labute approximate surface area is 146 Å². The van der Waals surface area contributed by atoms with Crippen LogP contribution < -0.4 is 10.1 Å². The summed E-state index contributed by atoms with van der Waals surface area (Å²) in [5.41, 5.74) is 4.59. The second-order valence-electron chi connectivity index (χ2n) is 6.71. The highest BCUT2D eigenvalue weighted by Gasteiger charge is 2.24. The van der Waals surface area contributed by atoms with Crippen LogP contribution in [0.25, 0.3) is 16.9 Å². The summed E-state index contributed by atoms with van der Waals surface area (Å²) >= 11 is 0. The SMILES string of the molecule is COc1ccc(-c2cn3ccc(C)cc3n2)cc1NC(=O)CC1CC1. The highest BCUT2D eigenvalue weighted by Crippen LogP contribution is 2.34. The lowest BCUT2D eigenvalue weighted by Gasteiger charge is -2.11. The van der Waals surface area contributed by atoms with Crippen molar-refractivity contribution < 1.29 is 9.53 Å². The molecule has 2 heterocycles. The molecule has 1 amide bonds. The molecule has 4 rings (SSSR count). The van der Waals surface area contributed by atoms with Gasteiger partial charge in [-0.25, -0.2) is 4.98 Å². The number of rotatable bonds is 5. The molecule has 0 bridgehead atoms. The van der Waals surface area contributed by atoms with Crippen molar-refractivity contribution in [3.8, 4) is 17.0 Å². The van der Waals surface area contributed by atoms with Gasteiger partial charge in [-0.05, 0) is 61.6 Å². The lowest BCUT2D eigenvalue weighted by molar-refractivity contribution is -0.116. The van der Waals surface area contributed by atoms with Gasteiger partial charge in [0.05, 0.1) is 18.5 Å². The Morgan fingerprint density at radius 1 is 1.32 bits per heavy atom. The van der Waals surface area contributed by atoms with Gasteiger partial charge in [-0.3, -0.25) is 4.79 Å². The smallest absolute Gasteiger partial charge is 0.224 e. The second kappa shape index (κ2) is 6.24. The molecule has 0 spiro atoms. The van der Waals surface area contributed by atoms with E-state index in [1.54, 1.807) is 7.11 Å². The van der Waals surface area contributed by atoms with E-state index in [1.807, 2.05) is 41.1 Å². The van der Waals surface area contributed by atoms with Gasteiger partial charge < -0.3 is 14.5 Å². The average Bonchev–Trinajstić information content (AvgIpc) is 3.30. The number of fused-ring (bicyclic) bond motifs is 1. The van der Waals surface area contributed by atoms with Crippen molar-refractivity contribution in [3.05, 3.63) is 48.3 Å². The Balaban J connectivity index is 1.66. The van der Waals surface area contributed by atoms with Gasteiger partial charge in [0.2, 0.25) is 5.91 Å². The Morgan fingerprint density at radius 2 is 2.16 bits per heavy atom. The summed E-state index contributed by atoms with van der Waals surface area (Å²) in [7, 11) is 1.61. The number of ether oxygens (including phenoxy) is 1. The summed E-state index contributed by atoms with van der Waals surface area (Å²) in [4.78, 5) is 16.9. The topological polar surface area (TPSA) is 55.6 Å². The van der Waals surface area contributed by atoms with Crippen LogP contribution in [0.1, 0.15) is 24.8 Å². The highest BCUT2D eigenvalue weighted by molar-refractivity contribution is 5.93. The third-order valence-corrected chi connectivity index (χ3v) is 4.56. The largest absolute Gasteiger partial charge is 0.495 e. The molecular formula is C20H21N3O2. The first kappa shape index (κ1) is 15.7. The molecule has 1 aliphatic carbocycles. The van der Waals surface area contributed by atoms with Gasteiger partial charge in [0.15, 0.2) is 0 Å².